The third kappa shape index (κ3) is 3.69. The molecule has 8 nitrogen and oxygen atoms in total. The minimum absolute atomic E-state index is 0.0492. The number of para-hydroxylation sites is 2. The summed E-state index contributed by atoms with van der Waals surface area (Å²) in [6.07, 6.45) is 5.07. The molecule has 4 rings (SSSR count). The van der Waals surface area contributed by atoms with E-state index < -0.39 is 11.2 Å². The van der Waals surface area contributed by atoms with E-state index in [1.807, 2.05) is 24.5 Å². The van der Waals surface area contributed by atoms with Gasteiger partial charge in [-0.25, -0.2) is 9.78 Å². The molecular weight excluding hydrogens is 346 g/mol. The molecule has 2 aromatic heterocycles. The zero-order chi connectivity index (χ0) is 18.8. The minimum atomic E-state index is -0.558. The van der Waals surface area contributed by atoms with E-state index in [0.29, 0.717) is 19.0 Å². The molecule has 0 atom stereocenters. The molecular formula is C19H21N5O3. The zero-order valence-corrected chi connectivity index (χ0v) is 14.9. The maximum atomic E-state index is 12.5. The Labute approximate surface area is 155 Å². The molecule has 1 aliphatic heterocycles. The van der Waals surface area contributed by atoms with Gasteiger partial charge in [0.25, 0.3) is 5.56 Å². The number of hydrogen-bond acceptors (Lipinski definition) is 4. The van der Waals surface area contributed by atoms with Gasteiger partial charge in [0.1, 0.15) is 6.54 Å². The lowest BCUT2D eigenvalue weighted by Crippen LogP contribution is -2.42. The minimum Gasteiger partial charge on any atom is -0.341 e. The third-order valence-electron chi connectivity index (χ3n) is 5.15. The van der Waals surface area contributed by atoms with Crippen molar-refractivity contribution in [2.75, 3.05) is 13.1 Å². The van der Waals surface area contributed by atoms with Gasteiger partial charge < -0.3 is 9.47 Å². The van der Waals surface area contributed by atoms with Crippen LogP contribution in [0.3, 0.4) is 0 Å². The van der Waals surface area contributed by atoms with Crippen LogP contribution in [0.25, 0.3) is 11.0 Å². The number of piperidine rings is 1. The molecule has 0 spiro atoms. The van der Waals surface area contributed by atoms with Gasteiger partial charge in [0.2, 0.25) is 5.91 Å². The van der Waals surface area contributed by atoms with Crippen LogP contribution in [-0.2, 0) is 17.9 Å². The van der Waals surface area contributed by atoms with Crippen LogP contribution in [0, 0.1) is 5.92 Å². The van der Waals surface area contributed by atoms with Crippen LogP contribution in [0.5, 0.6) is 0 Å². The van der Waals surface area contributed by atoms with Gasteiger partial charge in [-0.05, 0) is 30.9 Å². The number of rotatable bonds is 4. The van der Waals surface area contributed by atoms with Gasteiger partial charge in [-0.2, -0.15) is 0 Å². The molecule has 0 saturated carbocycles. The zero-order valence-electron chi connectivity index (χ0n) is 14.9. The number of carbonyl (C=O) groups excluding carboxylic acids is 1. The highest BCUT2D eigenvalue weighted by atomic mass is 16.2. The average molecular weight is 367 g/mol. The standard InChI is InChI=1S/C19H21N5O3/c25-17-7-10-23(19(27)21-17)12-18(26)22-8-5-14(6-9-22)11-24-13-20-15-3-1-2-4-16(15)24/h1-4,7,10,13-14H,5-6,8-9,11-12H2,(H,21,25,27). The molecule has 0 aliphatic carbocycles. The van der Waals surface area contributed by atoms with E-state index in [2.05, 4.69) is 20.6 Å². The lowest BCUT2D eigenvalue weighted by atomic mass is 9.96. The summed E-state index contributed by atoms with van der Waals surface area (Å²) in [4.78, 5) is 43.7. The van der Waals surface area contributed by atoms with Gasteiger partial charge in [-0.15, -0.1) is 0 Å². The SMILES string of the molecule is O=C(Cn1ccc(=O)[nH]c1=O)N1CCC(Cn2cnc3ccccc32)CC1. The molecule has 3 heterocycles. The van der Waals surface area contributed by atoms with Crippen LogP contribution in [-0.4, -0.2) is 43.0 Å². The van der Waals surface area contributed by atoms with Gasteiger partial charge in [0.15, 0.2) is 0 Å². The van der Waals surface area contributed by atoms with Gasteiger partial charge in [-0.3, -0.25) is 19.1 Å². The Morgan fingerprint density at radius 3 is 2.67 bits per heavy atom. The van der Waals surface area contributed by atoms with Crippen molar-refractivity contribution in [2.24, 2.45) is 5.92 Å². The van der Waals surface area contributed by atoms with Crippen LogP contribution in [0.15, 0.2) is 52.4 Å². The largest absolute Gasteiger partial charge is 0.341 e. The summed E-state index contributed by atoms with van der Waals surface area (Å²) in [6, 6.07) is 9.32. The first-order chi connectivity index (χ1) is 13.1. The predicted molar refractivity (Wildman–Crippen MR) is 100 cm³/mol. The molecule has 1 aromatic carbocycles. The summed E-state index contributed by atoms with van der Waals surface area (Å²) >= 11 is 0. The fourth-order valence-corrected chi connectivity index (χ4v) is 3.61. The number of imidazole rings is 1. The summed E-state index contributed by atoms with van der Waals surface area (Å²) in [5, 5.41) is 0. The van der Waals surface area contributed by atoms with Crippen molar-refractivity contribution < 1.29 is 4.79 Å². The number of aromatic amines is 1. The molecule has 3 aromatic rings. The van der Waals surface area contributed by atoms with Crippen molar-refractivity contribution in [3.8, 4) is 0 Å². The highest BCUT2D eigenvalue weighted by molar-refractivity contribution is 5.76. The first-order valence-corrected chi connectivity index (χ1v) is 9.07. The number of fused-ring (bicyclic) bond motifs is 1. The van der Waals surface area contributed by atoms with E-state index in [1.54, 1.807) is 4.90 Å². The number of H-pyrrole nitrogens is 1. The molecule has 1 amide bonds. The Morgan fingerprint density at radius 1 is 1.11 bits per heavy atom. The molecule has 0 unspecified atom stereocenters. The molecule has 140 valence electrons. The fraction of sp³-hybridized carbons (Fsp3) is 0.368. The Balaban J connectivity index is 1.35. The van der Waals surface area contributed by atoms with Crippen LogP contribution in [0.2, 0.25) is 0 Å². The maximum Gasteiger partial charge on any atom is 0.328 e. The van der Waals surface area contributed by atoms with Gasteiger partial charge >= 0.3 is 5.69 Å². The smallest absolute Gasteiger partial charge is 0.328 e. The summed E-state index contributed by atoms with van der Waals surface area (Å²) in [5.41, 5.74) is 1.11. The van der Waals surface area contributed by atoms with E-state index in [-0.39, 0.29) is 12.5 Å². The van der Waals surface area contributed by atoms with Crippen molar-refractivity contribution in [3.05, 3.63) is 63.7 Å². The van der Waals surface area contributed by atoms with E-state index >= 15 is 0 Å². The van der Waals surface area contributed by atoms with Gasteiger partial charge in [-0.1, -0.05) is 12.1 Å². The van der Waals surface area contributed by atoms with Crippen LogP contribution >= 0.6 is 0 Å². The summed E-state index contributed by atoms with van der Waals surface area (Å²) in [7, 11) is 0. The average Bonchev–Trinajstić information content (AvgIpc) is 3.08. The molecule has 0 bridgehead atoms. The Hall–Kier alpha value is -3.16. The monoisotopic (exact) mass is 367 g/mol. The molecule has 1 fully saturated rings. The van der Waals surface area contributed by atoms with Crippen molar-refractivity contribution in [1.82, 2.24) is 24.0 Å². The molecule has 1 saturated heterocycles. The highest BCUT2D eigenvalue weighted by Crippen LogP contribution is 2.22. The third-order valence-corrected chi connectivity index (χ3v) is 5.15. The molecule has 27 heavy (non-hydrogen) atoms. The molecule has 8 heteroatoms. The second-order valence-electron chi connectivity index (χ2n) is 6.95. The van der Waals surface area contributed by atoms with E-state index in [0.717, 1.165) is 30.4 Å². The summed E-state index contributed by atoms with van der Waals surface area (Å²) < 4.78 is 3.41. The number of hydrogen-bond donors (Lipinski definition) is 1. The number of aromatic nitrogens is 4. The van der Waals surface area contributed by atoms with Crippen molar-refractivity contribution in [2.45, 2.75) is 25.9 Å². The lowest BCUT2D eigenvalue weighted by Gasteiger charge is -2.32. The molecule has 1 N–H and O–H groups in total. The summed E-state index contributed by atoms with van der Waals surface area (Å²) in [6.45, 7) is 2.19. The van der Waals surface area contributed by atoms with Gasteiger partial charge in [0, 0.05) is 31.9 Å². The fourth-order valence-electron chi connectivity index (χ4n) is 3.61. The maximum absolute atomic E-state index is 12.5. The Bertz CT molecular complexity index is 1070. The van der Waals surface area contributed by atoms with Gasteiger partial charge in [0.05, 0.1) is 17.4 Å². The number of nitrogens with zero attached hydrogens (tertiary/aromatic N) is 4. The predicted octanol–water partition coefficient (Wildman–Crippen LogP) is 0.825. The van der Waals surface area contributed by atoms with Crippen molar-refractivity contribution >= 4 is 16.9 Å². The number of likely N-dealkylation sites (tertiary alicyclic amines) is 1. The molecule has 0 radical (unpaired) electrons. The van der Waals surface area contributed by atoms with E-state index in [9.17, 15) is 14.4 Å². The lowest BCUT2D eigenvalue weighted by molar-refractivity contribution is -0.133. The Morgan fingerprint density at radius 2 is 1.89 bits per heavy atom. The Kier molecular flexibility index (Phi) is 4.62. The first-order valence-electron chi connectivity index (χ1n) is 9.07. The normalized spacial score (nSPS) is 15.3. The van der Waals surface area contributed by atoms with Crippen LogP contribution in [0.4, 0.5) is 0 Å². The number of carbonyl (C=O) groups is 1. The van der Waals surface area contributed by atoms with Crippen LogP contribution in [0.1, 0.15) is 12.8 Å². The molecule has 1 aliphatic rings. The quantitative estimate of drug-likeness (QED) is 0.739. The number of benzene rings is 1. The topological polar surface area (TPSA) is 93.0 Å². The van der Waals surface area contributed by atoms with Crippen LogP contribution < -0.4 is 11.2 Å². The first kappa shape index (κ1) is 17.3. The number of amides is 1. The highest BCUT2D eigenvalue weighted by Gasteiger charge is 2.23. The summed E-state index contributed by atoms with van der Waals surface area (Å²) in [5.74, 6) is 0.387. The van der Waals surface area contributed by atoms with E-state index in [1.165, 1.54) is 16.8 Å². The van der Waals surface area contributed by atoms with Crippen molar-refractivity contribution in [3.63, 3.8) is 0 Å². The second kappa shape index (κ2) is 7.22. The second-order valence-corrected chi connectivity index (χ2v) is 6.95. The van der Waals surface area contributed by atoms with E-state index in [4.69, 9.17) is 0 Å². The van der Waals surface area contributed by atoms with Crippen molar-refractivity contribution in [1.29, 1.82) is 0 Å². The number of nitrogens with one attached hydrogen (secondary N) is 1.